The highest BCUT2D eigenvalue weighted by Gasteiger charge is 2.17. The van der Waals surface area contributed by atoms with Gasteiger partial charge in [-0.3, -0.25) is 4.79 Å². The van der Waals surface area contributed by atoms with E-state index in [1.807, 2.05) is 13.8 Å². The summed E-state index contributed by atoms with van der Waals surface area (Å²) in [6, 6.07) is 0. The van der Waals surface area contributed by atoms with Crippen molar-refractivity contribution >= 4 is 17.3 Å². The van der Waals surface area contributed by atoms with Gasteiger partial charge < -0.3 is 0 Å². The van der Waals surface area contributed by atoms with Crippen molar-refractivity contribution in [1.29, 1.82) is 0 Å². The highest BCUT2D eigenvalue weighted by Crippen LogP contribution is 2.22. The molecule has 0 atom stereocenters. The molecule has 0 saturated heterocycles. The molecule has 16 heavy (non-hydrogen) atoms. The fourth-order valence-corrected chi connectivity index (χ4v) is 2.34. The minimum absolute atomic E-state index is 0.208. The molecule has 0 aliphatic rings. The van der Waals surface area contributed by atoms with E-state index in [9.17, 15) is 4.79 Å². The zero-order valence-corrected chi connectivity index (χ0v) is 11.3. The number of Topliss-reactive ketones (excluding diaryl/α,β-unsaturated/α-hetero) is 1. The van der Waals surface area contributed by atoms with Crippen LogP contribution in [0.25, 0.3) is 0 Å². The lowest BCUT2D eigenvalue weighted by molar-refractivity contribution is 0.0980. The van der Waals surface area contributed by atoms with Crippen LogP contribution in [0, 0.1) is 5.92 Å². The van der Waals surface area contributed by atoms with E-state index in [0.717, 1.165) is 23.4 Å². The van der Waals surface area contributed by atoms with E-state index in [0.29, 0.717) is 12.3 Å². The van der Waals surface area contributed by atoms with Crippen molar-refractivity contribution in [3.63, 3.8) is 0 Å². The number of aromatic nitrogens is 2. The van der Waals surface area contributed by atoms with Gasteiger partial charge >= 0.3 is 0 Å². The van der Waals surface area contributed by atoms with Gasteiger partial charge in [0.2, 0.25) is 0 Å². The van der Waals surface area contributed by atoms with E-state index in [-0.39, 0.29) is 11.7 Å². The van der Waals surface area contributed by atoms with Crippen LogP contribution in [0.2, 0.25) is 0 Å². The summed E-state index contributed by atoms with van der Waals surface area (Å²) in [6.45, 7) is 8.44. The quantitative estimate of drug-likeness (QED) is 0.712. The fourth-order valence-electron chi connectivity index (χ4n) is 1.55. The number of hydrogen-bond acceptors (Lipinski definition) is 4. The van der Waals surface area contributed by atoms with Crippen LogP contribution in [-0.4, -0.2) is 15.4 Å². The zero-order chi connectivity index (χ0) is 12.1. The van der Waals surface area contributed by atoms with Crippen LogP contribution in [0.5, 0.6) is 0 Å². The summed E-state index contributed by atoms with van der Waals surface area (Å²) >= 11 is 1.23. The Morgan fingerprint density at radius 3 is 2.56 bits per heavy atom. The molecule has 0 spiro atoms. The molecule has 0 aliphatic heterocycles. The van der Waals surface area contributed by atoms with Crippen LogP contribution in [0.15, 0.2) is 0 Å². The lowest BCUT2D eigenvalue weighted by Gasteiger charge is -2.04. The number of nitrogens with zero attached hydrogens (tertiary/aromatic N) is 2. The third-order valence-corrected chi connectivity index (χ3v) is 3.28. The Kier molecular flexibility index (Phi) is 5.06. The zero-order valence-electron chi connectivity index (χ0n) is 10.5. The summed E-state index contributed by atoms with van der Waals surface area (Å²) < 4.78 is 3.88. The first kappa shape index (κ1) is 13.3. The van der Waals surface area contributed by atoms with Gasteiger partial charge in [-0.05, 0) is 29.8 Å². The average Bonchev–Trinajstić information content (AvgIpc) is 2.65. The largest absolute Gasteiger partial charge is 0.293 e. The Bertz CT molecular complexity index is 345. The molecule has 0 radical (unpaired) electrons. The molecule has 0 amide bonds. The van der Waals surface area contributed by atoms with Gasteiger partial charge in [0.05, 0.1) is 5.69 Å². The first-order valence-corrected chi connectivity index (χ1v) is 6.65. The molecule has 0 aromatic carbocycles. The predicted molar refractivity (Wildman–Crippen MR) is 67.0 cm³/mol. The fraction of sp³-hybridized carbons (Fsp3) is 0.750. The predicted octanol–water partition coefficient (Wildman–Crippen LogP) is 3.67. The molecule has 0 bridgehead atoms. The molecule has 4 heteroatoms. The molecular weight excluding hydrogens is 220 g/mol. The molecule has 1 rings (SSSR count). The number of rotatable bonds is 6. The van der Waals surface area contributed by atoms with Crippen molar-refractivity contribution in [2.45, 2.75) is 52.9 Å². The van der Waals surface area contributed by atoms with E-state index in [2.05, 4.69) is 23.4 Å². The first-order chi connectivity index (χ1) is 7.52. The van der Waals surface area contributed by atoms with Gasteiger partial charge in [-0.1, -0.05) is 38.6 Å². The van der Waals surface area contributed by atoms with Gasteiger partial charge in [0, 0.05) is 6.42 Å². The van der Waals surface area contributed by atoms with Crippen molar-refractivity contribution in [3.8, 4) is 0 Å². The number of hydrogen-bond donors (Lipinski definition) is 0. The second kappa shape index (κ2) is 6.09. The standard InChI is InChI=1S/C12H20N2OS/c1-8(2)6-5-7-10(15)12-11(9(3)4)13-14-16-12/h8-9H,5-7H2,1-4H3. The monoisotopic (exact) mass is 240 g/mol. The highest BCUT2D eigenvalue weighted by atomic mass is 32.1. The van der Waals surface area contributed by atoms with Gasteiger partial charge in [0.1, 0.15) is 4.88 Å². The molecule has 1 aromatic rings. The Morgan fingerprint density at radius 1 is 1.31 bits per heavy atom. The molecule has 0 fully saturated rings. The normalized spacial score (nSPS) is 11.4. The molecule has 0 unspecified atom stereocenters. The Labute approximate surface area is 101 Å². The maximum absolute atomic E-state index is 11.9. The SMILES string of the molecule is CC(C)CCCC(=O)c1snnc1C(C)C. The molecule has 0 aliphatic carbocycles. The molecular formula is C12H20N2OS. The van der Waals surface area contributed by atoms with E-state index >= 15 is 0 Å². The molecule has 0 N–H and O–H groups in total. The molecule has 0 saturated carbocycles. The number of carbonyl (C=O) groups is 1. The van der Waals surface area contributed by atoms with Gasteiger partial charge in [0.25, 0.3) is 0 Å². The summed E-state index contributed by atoms with van der Waals surface area (Å²) in [5.41, 5.74) is 0.861. The van der Waals surface area contributed by atoms with Crippen molar-refractivity contribution in [1.82, 2.24) is 9.59 Å². The number of ketones is 1. The van der Waals surface area contributed by atoms with Crippen molar-refractivity contribution in [3.05, 3.63) is 10.6 Å². The molecule has 1 heterocycles. The van der Waals surface area contributed by atoms with E-state index in [4.69, 9.17) is 0 Å². The summed E-state index contributed by atoms with van der Waals surface area (Å²) in [4.78, 5) is 12.7. The maximum atomic E-state index is 11.9. The van der Waals surface area contributed by atoms with Crippen molar-refractivity contribution in [2.24, 2.45) is 5.92 Å². The highest BCUT2D eigenvalue weighted by molar-refractivity contribution is 7.08. The van der Waals surface area contributed by atoms with E-state index in [1.54, 1.807) is 0 Å². The van der Waals surface area contributed by atoms with Crippen LogP contribution >= 0.6 is 11.5 Å². The average molecular weight is 240 g/mol. The van der Waals surface area contributed by atoms with Gasteiger partial charge in [-0.2, -0.15) is 0 Å². The summed E-state index contributed by atoms with van der Waals surface area (Å²) in [6.07, 6.45) is 2.70. The molecule has 90 valence electrons. The Balaban J connectivity index is 2.56. The van der Waals surface area contributed by atoms with Crippen molar-refractivity contribution in [2.75, 3.05) is 0 Å². The summed E-state index contributed by atoms with van der Waals surface area (Å²) in [7, 11) is 0. The Morgan fingerprint density at radius 2 is 2.00 bits per heavy atom. The van der Waals surface area contributed by atoms with Gasteiger partial charge in [-0.15, -0.1) is 5.10 Å². The van der Waals surface area contributed by atoms with Crippen LogP contribution in [0.3, 0.4) is 0 Å². The Hall–Kier alpha value is -0.770. The van der Waals surface area contributed by atoms with Crippen LogP contribution in [0.4, 0.5) is 0 Å². The van der Waals surface area contributed by atoms with Gasteiger partial charge in [0.15, 0.2) is 5.78 Å². The second-order valence-electron chi connectivity index (χ2n) is 4.85. The molecule has 1 aromatic heterocycles. The lowest BCUT2D eigenvalue weighted by Crippen LogP contribution is -2.03. The van der Waals surface area contributed by atoms with Gasteiger partial charge in [-0.25, -0.2) is 0 Å². The lowest BCUT2D eigenvalue weighted by atomic mass is 10.0. The third kappa shape index (κ3) is 3.67. The second-order valence-corrected chi connectivity index (χ2v) is 5.61. The summed E-state index contributed by atoms with van der Waals surface area (Å²) in [5, 5.41) is 4.03. The van der Waals surface area contributed by atoms with Crippen LogP contribution in [0.1, 0.15) is 68.2 Å². The van der Waals surface area contributed by atoms with E-state index < -0.39 is 0 Å². The smallest absolute Gasteiger partial charge is 0.176 e. The first-order valence-electron chi connectivity index (χ1n) is 5.87. The van der Waals surface area contributed by atoms with Crippen LogP contribution in [-0.2, 0) is 0 Å². The minimum atomic E-state index is 0.208. The van der Waals surface area contributed by atoms with Crippen LogP contribution < -0.4 is 0 Å². The maximum Gasteiger partial charge on any atom is 0.176 e. The topological polar surface area (TPSA) is 42.9 Å². The van der Waals surface area contributed by atoms with E-state index in [1.165, 1.54) is 11.5 Å². The summed E-state index contributed by atoms with van der Waals surface area (Å²) in [5.74, 6) is 1.15. The third-order valence-electron chi connectivity index (χ3n) is 2.50. The van der Waals surface area contributed by atoms with Crippen molar-refractivity contribution < 1.29 is 4.79 Å². The number of carbonyl (C=O) groups excluding carboxylic acids is 1. The minimum Gasteiger partial charge on any atom is -0.293 e. The molecule has 3 nitrogen and oxygen atoms in total.